The van der Waals surface area contributed by atoms with Crippen molar-refractivity contribution in [1.29, 1.82) is 10.5 Å². The summed E-state index contributed by atoms with van der Waals surface area (Å²) in [4.78, 5) is 21.7. The highest BCUT2D eigenvalue weighted by Gasteiger charge is 2.74. The molecule has 2 unspecified atom stereocenters. The molecule has 6 heteroatoms. The molecule has 1 aromatic heterocycles. The van der Waals surface area contributed by atoms with Gasteiger partial charge in [-0.15, -0.1) is 0 Å². The topological polar surface area (TPSA) is 99.7 Å². The lowest BCUT2D eigenvalue weighted by Crippen LogP contribution is -2.46. The third-order valence-corrected chi connectivity index (χ3v) is 6.10. The Labute approximate surface area is 135 Å². The largest absolute Gasteiger partial charge is 0.465 e. The van der Waals surface area contributed by atoms with E-state index in [2.05, 4.69) is 16.9 Å². The monoisotopic (exact) mass is 310 g/mol. The predicted octanol–water partition coefficient (Wildman–Crippen LogP) is 2.11. The van der Waals surface area contributed by atoms with Crippen molar-refractivity contribution in [3.63, 3.8) is 0 Å². The molecule has 2 bridgehead atoms. The summed E-state index contributed by atoms with van der Waals surface area (Å²) < 4.78 is 5.36. The molecule has 23 heavy (non-hydrogen) atoms. The van der Waals surface area contributed by atoms with Gasteiger partial charge in [-0.2, -0.15) is 10.5 Å². The zero-order valence-electron chi connectivity index (χ0n) is 13.7. The van der Waals surface area contributed by atoms with Crippen LogP contribution in [0.15, 0.2) is 0 Å². The van der Waals surface area contributed by atoms with Crippen molar-refractivity contribution in [2.24, 2.45) is 5.41 Å². The third-order valence-electron chi connectivity index (χ3n) is 6.10. The maximum absolute atomic E-state index is 12.9. The zero-order valence-corrected chi connectivity index (χ0v) is 13.7. The summed E-state index contributed by atoms with van der Waals surface area (Å²) in [5, 5.41) is 18.5. The van der Waals surface area contributed by atoms with Gasteiger partial charge in [-0.25, -0.2) is 9.97 Å². The molecule has 3 rings (SSSR count). The summed E-state index contributed by atoms with van der Waals surface area (Å²) in [6.45, 7) is 8.17. The van der Waals surface area contributed by atoms with Crippen molar-refractivity contribution in [1.82, 2.24) is 9.97 Å². The minimum absolute atomic E-state index is 0.0230. The number of fused-ring (bicyclic) bond motifs is 5. The summed E-state index contributed by atoms with van der Waals surface area (Å²) in [5.74, 6) is -0.310. The lowest BCUT2D eigenvalue weighted by molar-refractivity contribution is -0.154. The number of rotatable bonds is 2. The van der Waals surface area contributed by atoms with Crippen molar-refractivity contribution in [3.8, 4) is 12.1 Å². The summed E-state index contributed by atoms with van der Waals surface area (Å²) in [5.41, 5.74) is -0.546. The Morgan fingerprint density at radius 1 is 1.13 bits per heavy atom. The second-order valence-corrected chi connectivity index (χ2v) is 6.92. The van der Waals surface area contributed by atoms with E-state index >= 15 is 0 Å². The molecule has 1 heterocycles. The van der Waals surface area contributed by atoms with Crippen molar-refractivity contribution in [2.45, 2.75) is 51.4 Å². The maximum atomic E-state index is 12.9. The van der Waals surface area contributed by atoms with E-state index in [1.807, 2.05) is 26.0 Å². The first-order valence-electron chi connectivity index (χ1n) is 7.70. The summed E-state index contributed by atoms with van der Waals surface area (Å²) >= 11 is 0. The van der Waals surface area contributed by atoms with Crippen LogP contribution in [0.2, 0.25) is 0 Å². The van der Waals surface area contributed by atoms with Crippen LogP contribution in [0.3, 0.4) is 0 Å². The molecule has 0 radical (unpaired) electrons. The fourth-order valence-corrected chi connectivity index (χ4v) is 4.34. The Hall–Kier alpha value is -2.47. The van der Waals surface area contributed by atoms with Crippen molar-refractivity contribution in [2.75, 3.05) is 6.61 Å². The van der Waals surface area contributed by atoms with Gasteiger partial charge < -0.3 is 4.74 Å². The van der Waals surface area contributed by atoms with E-state index in [0.717, 1.165) is 6.42 Å². The number of carbonyl (C=O) groups is 1. The normalized spacial score (nSPS) is 29.5. The fraction of sp³-hybridized carbons (Fsp3) is 0.588. The lowest BCUT2D eigenvalue weighted by atomic mass is 9.64. The van der Waals surface area contributed by atoms with Gasteiger partial charge in [-0.1, -0.05) is 20.8 Å². The van der Waals surface area contributed by atoms with Crippen LogP contribution in [0, 0.1) is 28.1 Å². The van der Waals surface area contributed by atoms with Crippen LogP contribution in [0.4, 0.5) is 0 Å². The standard InChI is InChI=1S/C17H18N4O2/c1-5-23-14(22)17-7-6-16(4,15(17,2)3)12-13(17)21-11(9-19)10(8-18)20-12/h5-7H2,1-4H3. The minimum atomic E-state index is -0.903. The van der Waals surface area contributed by atoms with Crippen LogP contribution in [0.1, 0.15) is 63.3 Å². The van der Waals surface area contributed by atoms with Crippen molar-refractivity contribution in [3.05, 3.63) is 22.8 Å². The molecule has 0 saturated heterocycles. The molecule has 0 aromatic carbocycles. The Morgan fingerprint density at radius 3 is 2.22 bits per heavy atom. The number of esters is 1. The zero-order chi connectivity index (χ0) is 17.0. The number of carbonyl (C=O) groups excluding carboxylic acids is 1. The molecule has 118 valence electrons. The van der Waals surface area contributed by atoms with Gasteiger partial charge >= 0.3 is 5.97 Å². The third kappa shape index (κ3) is 1.49. The summed E-state index contributed by atoms with van der Waals surface area (Å²) in [7, 11) is 0. The van der Waals surface area contributed by atoms with Gasteiger partial charge in [0.15, 0.2) is 11.4 Å². The molecule has 1 saturated carbocycles. The lowest BCUT2D eigenvalue weighted by Gasteiger charge is -2.38. The molecule has 2 atom stereocenters. The highest BCUT2D eigenvalue weighted by atomic mass is 16.5. The Morgan fingerprint density at radius 2 is 1.70 bits per heavy atom. The van der Waals surface area contributed by atoms with Crippen molar-refractivity contribution >= 4 is 5.97 Å². The van der Waals surface area contributed by atoms with Crippen LogP contribution >= 0.6 is 0 Å². The van der Waals surface area contributed by atoms with Gasteiger partial charge in [0.05, 0.1) is 18.0 Å². The average Bonchev–Trinajstić information content (AvgIpc) is 2.82. The van der Waals surface area contributed by atoms with Crippen molar-refractivity contribution < 1.29 is 9.53 Å². The average molecular weight is 310 g/mol. The Balaban J connectivity index is 2.36. The quantitative estimate of drug-likeness (QED) is 0.776. The molecular formula is C17H18N4O2. The van der Waals surface area contributed by atoms with Gasteiger partial charge in [-0.05, 0) is 25.2 Å². The number of nitrogens with zero attached hydrogens (tertiary/aromatic N) is 4. The summed E-state index contributed by atoms with van der Waals surface area (Å²) in [6, 6.07) is 3.85. The minimum Gasteiger partial charge on any atom is -0.465 e. The van der Waals surface area contributed by atoms with Gasteiger partial charge in [0.1, 0.15) is 17.6 Å². The first-order valence-corrected chi connectivity index (χ1v) is 7.70. The van der Waals surface area contributed by atoms with Gasteiger partial charge in [-0.3, -0.25) is 4.79 Å². The molecule has 6 nitrogen and oxygen atoms in total. The number of hydrogen-bond donors (Lipinski definition) is 0. The molecule has 2 aliphatic carbocycles. The maximum Gasteiger partial charge on any atom is 0.318 e. The first kappa shape index (κ1) is 15.4. The van der Waals surface area contributed by atoms with Gasteiger partial charge in [0, 0.05) is 5.41 Å². The number of nitriles is 2. The molecule has 1 fully saturated rings. The van der Waals surface area contributed by atoms with Crippen LogP contribution in [-0.4, -0.2) is 22.5 Å². The molecule has 0 amide bonds. The number of ether oxygens (including phenoxy) is 1. The second kappa shape index (κ2) is 4.52. The smallest absolute Gasteiger partial charge is 0.318 e. The highest BCUT2D eigenvalue weighted by molar-refractivity contribution is 5.87. The van der Waals surface area contributed by atoms with Crippen LogP contribution in [-0.2, 0) is 20.4 Å². The summed E-state index contributed by atoms with van der Waals surface area (Å²) in [6.07, 6.45) is 1.39. The van der Waals surface area contributed by atoms with Crippen LogP contribution in [0.25, 0.3) is 0 Å². The molecular weight excluding hydrogens is 292 g/mol. The van der Waals surface area contributed by atoms with E-state index in [0.29, 0.717) is 17.8 Å². The number of hydrogen-bond acceptors (Lipinski definition) is 6. The van der Waals surface area contributed by atoms with E-state index in [-0.39, 0.29) is 29.4 Å². The van der Waals surface area contributed by atoms with Gasteiger partial charge in [0.2, 0.25) is 0 Å². The van der Waals surface area contributed by atoms with E-state index in [9.17, 15) is 15.3 Å². The van der Waals surface area contributed by atoms with Gasteiger partial charge in [0.25, 0.3) is 0 Å². The van der Waals surface area contributed by atoms with E-state index in [1.165, 1.54) is 0 Å². The SMILES string of the molecule is CCOC(=O)C12CCC(C)(c3nc(C#N)c(C#N)nc31)C2(C)C. The first-order chi connectivity index (χ1) is 10.8. The van der Waals surface area contributed by atoms with E-state index in [1.54, 1.807) is 6.92 Å². The molecule has 0 aliphatic heterocycles. The molecule has 0 spiro atoms. The molecule has 0 N–H and O–H groups in total. The fourth-order valence-electron chi connectivity index (χ4n) is 4.34. The van der Waals surface area contributed by atoms with E-state index < -0.39 is 10.8 Å². The Kier molecular flexibility index (Phi) is 3.03. The number of aromatic nitrogens is 2. The highest BCUT2D eigenvalue weighted by Crippen LogP contribution is 2.70. The molecule has 1 aromatic rings. The second-order valence-electron chi connectivity index (χ2n) is 6.92. The van der Waals surface area contributed by atoms with Crippen LogP contribution in [0.5, 0.6) is 0 Å². The van der Waals surface area contributed by atoms with E-state index in [4.69, 9.17) is 4.74 Å². The predicted molar refractivity (Wildman–Crippen MR) is 80.1 cm³/mol. The Bertz CT molecular complexity index is 802. The molecule has 2 aliphatic rings. The van der Waals surface area contributed by atoms with Crippen LogP contribution < -0.4 is 0 Å².